The zero-order chi connectivity index (χ0) is 22.9. The maximum Gasteiger partial charge on any atom is 0.227 e. The highest BCUT2D eigenvalue weighted by Gasteiger charge is 2.34. The fourth-order valence-electron chi connectivity index (χ4n) is 4.38. The number of carbonyl (C=O) groups excluding carboxylic acids is 1. The number of para-hydroxylation sites is 2. The van der Waals surface area contributed by atoms with Crippen molar-refractivity contribution in [3.63, 3.8) is 0 Å². The molecule has 3 aromatic carbocycles. The van der Waals surface area contributed by atoms with E-state index in [1.165, 1.54) is 0 Å². The predicted octanol–water partition coefficient (Wildman–Crippen LogP) is 6.25. The monoisotopic (exact) mass is 479 g/mol. The van der Waals surface area contributed by atoms with Crippen LogP contribution in [-0.4, -0.2) is 28.6 Å². The Morgan fingerprint density at radius 3 is 2.73 bits per heavy atom. The van der Waals surface area contributed by atoms with Gasteiger partial charge >= 0.3 is 0 Å². The molecule has 5 rings (SSSR count). The van der Waals surface area contributed by atoms with Crippen LogP contribution >= 0.6 is 23.2 Å². The number of rotatable bonds is 6. The lowest BCUT2D eigenvalue weighted by Crippen LogP contribution is -2.24. The lowest BCUT2D eigenvalue weighted by molar-refractivity contribution is -0.117. The first-order chi connectivity index (χ1) is 16.0. The number of imidazole rings is 1. The summed E-state index contributed by atoms with van der Waals surface area (Å²) in [5.74, 6) is 1.76. The Bertz CT molecular complexity index is 1330. The fourth-order valence-corrected chi connectivity index (χ4v) is 4.68. The van der Waals surface area contributed by atoms with Crippen LogP contribution in [0.25, 0.3) is 11.0 Å². The largest absolute Gasteiger partial charge is 0.492 e. The Kier molecular flexibility index (Phi) is 6.00. The topological polar surface area (TPSA) is 47.4 Å². The molecule has 0 saturated carbocycles. The number of fused-ring (bicyclic) bond motifs is 1. The molecule has 1 aliphatic heterocycles. The third-order valence-electron chi connectivity index (χ3n) is 6.01. The lowest BCUT2D eigenvalue weighted by atomic mass is 10.1. The van der Waals surface area contributed by atoms with Crippen LogP contribution in [0.5, 0.6) is 5.75 Å². The molecule has 168 valence electrons. The van der Waals surface area contributed by atoms with E-state index in [0.29, 0.717) is 31.1 Å². The second-order valence-electron chi connectivity index (χ2n) is 8.26. The van der Waals surface area contributed by atoms with Gasteiger partial charge in [-0.1, -0.05) is 41.4 Å². The molecule has 0 radical (unpaired) electrons. The van der Waals surface area contributed by atoms with E-state index < -0.39 is 0 Å². The standard InChI is InChI=1S/C26H23Cl2N3O2/c1-17-13-21(9-10-22(17)28)33-12-11-30-24-8-3-2-7-23(24)29-26(30)18-14-25(32)31(16-18)20-6-4-5-19(27)15-20/h2-10,13,15,18H,11-12,14,16H2,1H3. The van der Waals surface area contributed by atoms with Crippen LogP contribution in [0.2, 0.25) is 10.0 Å². The average molecular weight is 480 g/mol. The molecule has 4 aromatic rings. The van der Waals surface area contributed by atoms with Gasteiger partial charge in [0, 0.05) is 34.6 Å². The lowest BCUT2D eigenvalue weighted by Gasteiger charge is -2.18. The first kappa shape index (κ1) is 21.8. The van der Waals surface area contributed by atoms with Crippen molar-refractivity contribution in [2.24, 2.45) is 0 Å². The van der Waals surface area contributed by atoms with Crippen molar-refractivity contribution in [2.75, 3.05) is 18.1 Å². The Labute approximate surface area is 202 Å². The molecule has 1 aliphatic rings. The van der Waals surface area contributed by atoms with Gasteiger partial charge in [0.2, 0.25) is 5.91 Å². The van der Waals surface area contributed by atoms with Gasteiger partial charge in [-0.05, 0) is 61.0 Å². The van der Waals surface area contributed by atoms with Crippen LogP contribution in [0.4, 0.5) is 5.69 Å². The van der Waals surface area contributed by atoms with E-state index in [1.807, 2.05) is 67.6 Å². The molecule has 1 fully saturated rings. The summed E-state index contributed by atoms with van der Waals surface area (Å²) >= 11 is 12.3. The van der Waals surface area contributed by atoms with E-state index in [9.17, 15) is 4.79 Å². The van der Waals surface area contributed by atoms with E-state index in [0.717, 1.165) is 38.9 Å². The van der Waals surface area contributed by atoms with Crippen LogP contribution in [0.15, 0.2) is 66.7 Å². The molecule has 0 spiro atoms. The highest BCUT2D eigenvalue weighted by Crippen LogP contribution is 2.34. The summed E-state index contributed by atoms with van der Waals surface area (Å²) in [7, 11) is 0. The minimum atomic E-state index is -0.0124. The molecular weight excluding hydrogens is 457 g/mol. The molecular formula is C26H23Cl2N3O2. The van der Waals surface area contributed by atoms with Crippen LogP contribution in [0, 0.1) is 6.92 Å². The Morgan fingerprint density at radius 2 is 1.91 bits per heavy atom. The second kappa shape index (κ2) is 9.08. The fraction of sp³-hybridized carbons (Fsp3) is 0.231. The van der Waals surface area contributed by atoms with Gasteiger partial charge in [0.25, 0.3) is 0 Å². The first-order valence-corrected chi connectivity index (χ1v) is 11.7. The number of ether oxygens (including phenoxy) is 1. The van der Waals surface area contributed by atoms with E-state index in [-0.39, 0.29) is 11.8 Å². The molecule has 5 nitrogen and oxygen atoms in total. The van der Waals surface area contributed by atoms with Gasteiger partial charge < -0.3 is 14.2 Å². The van der Waals surface area contributed by atoms with Crippen molar-refractivity contribution in [2.45, 2.75) is 25.8 Å². The summed E-state index contributed by atoms with van der Waals surface area (Å²) in [6.07, 6.45) is 0.410. The van der Waals surface area contributed by atoms with Gasteiger partial charge in [0.05, 0.1) is 17.6 Å². The van der Waals surface area contributed by atoms with Gasteiger partial charge in [-0.3, -0.25) is 4.79 Å². The number of benzene rings is 3. The smallest absolute Gasteiger partial charge is 0.227 e. The molecule has 1 saturated heterocycles. The summed E-state index contributed by atoms with van der Waals surface area (Å²) in [4.78, 5) is 19.6. The normalized spacial score (nSPS) is 16.0. The maximum atomic E-state index is 12.9. The molecule has 1 atom stereocenters. The zero-order valence-electron chi connectivity index (χ0n) is 18.2. The van der Waals surface area contributed by atoms with Crippen molar-refractivity contribution in [1.29, 1.82) is 0 Å². The zero-order valence-corrected chi connectivity index (χ0v) is 19.7. The van der Waals surface area contributed by atoms with Crippen LogP contribution in [0.1, 0.15) is 23.7 Å². The van der Waals surface area contributed by atoms with Crippen LogP contribution in [-0.2, 0) is 11.3 Å². The van der Waals surface area contributed by atoms with Crippen molar-refractivity contribution < 1.29 is 9.53 Å². The number of anilines is 1. The van der Waals surface area contributed by atoms with E-state index in [1.54, 1.807) is 4.90 Å². The third kappa shape index (κ3) is 4.43. The molecule has 7 heteroatoms. The molecule has 1 aromatic heterocycles. The first-order valence-electron chi connectivity index (χ1n) is 10.9. The number of carbonyl (C=O) groups is 1. The summed E-state index contributed by atoms with van der Waals surface area (Å²) in [5, 5.41) is 1.34. The summed E-state index contributed by atoms with van der Waals surface area (Å²) in [6.45, 7) is 3.63. The van der Waals surface area contributed by atoms with Crippen molar-refractivity contribution in [1.82, 2.24) is 9.55 Å². The number of amides is 1. The Hall–Kier alpha value is -3.02. The minimum absolute atomic E-state index is 0.0124. The predicted molar refractivity (Wildman–Crippen MR) is 133 cm³/mol. The highest BCUT2D eigenvalue weighted by molar-refractivity contribution is 6.31. The number of aryl methyl sites for hydroxylation is 1. The van der Waals surface area contributed by atoms with E-state index in [2.05, 4.69) is 10.6 Å². The van der Waals surface area contributed by atoms with Gasteiger partial charge in [-0.2, -0.15) is 0 Å². The van der Waals surface area contributed by atoms with Gasteiger partial charge in [-0.25, -0.2) is 4.98 Å². The van der Waals surface area contributed by atoms with Crippen molar-refractivity contribution in [3.8, 4) is 5.75 Å². The number of halogens is 2. The van der Waals surface area contributed by atoms with Gasteiger partial charge in [0.15, 0.2) is 0 Å². The van der Waals surface area contributed by atoms with Gasteiger partial charge in [-0.15, -0.1) is 0 Å². The molecule has 1 amide bonds. The van der Waals surface area contributed by atoms with Gasteiger partial charge in [0.1, 0.15) is 18.2 Å². The number of hydrogen-bond donors (Lipinski definition) is 0. The van der Waals surface area contributed by atoms with Crippen LogP contribution in [0.3, 0.4) is 0 Å². The highest BCUT2D eigenvalue weighted by atomic mass is 35.5. The number of hydrogen-bond acceptors (Lipinski definition) is 3. The number of aromatic nitrogens is 2. The van der Waals surface area contributed by atoms with Crippen LogP contribution < -0.4 is 9.64 Å². The summed E-state index contributed by atoms with van der Waals surface area (Å²) in [5.41, 5.74) is 3.76. The molecule has 0 bridgehead atoms. The van der Waals surface area contributed by atoms with E-state index >= 15 is 0 Å². The molecule has 2 heterocycles. The number of nitrogens with zero attached hydrogens (tertiary/aromatic N) is 3. The SMILES string of the molecule is Cc1cc(OCCn2c(C3CC(=O)N(c4cccc(Cl)c4)C3)nc3ccccc32)ccc1Cl. The Morgan fingerprint density at radius 1 is 1.06 bits per heavy atom. The average Bonchev–Trinajstić information content (AvgIpc) is 3.37. The van der Waals surface area contributed by atoms with Crippen molar-refractivity contribution >= 4 is 45.8 Å². The second-order valence-corrected chi connectivity index (χ2v) is 9.10. The molecule has 33 heavy (non-hydrogen) atoms. The summed E-state index contributed by atoms with van der Waals surface area (Å²) in [6, 6.07) is 21.1. The molecule has 1 unspecified atom stereocenters. The minimum Gasteiger partial charge on any atom is -0.492 e. The molecule has 0 N–H and O–H groups in total. The molecule has 0 aliphatic carbocycles. The van der Waals surface area contributed by atoms with E-state index in [4.69, 9.17) is 32.9 Å². The third-order valence-corrected chi connectivity index (χ3v) is 6.67. The maximum absolute atomic E-state index is 12.9. The quantitative estimate of drug-likeness (QED) is 0.328. The summed E-state index contributed by atoms with van der Waals surface area (Å²) < 4.78 is 8.19. The Balaban J connectivity index is 1.40. The van der Waals surface area contributed by atoms with Crippen molar-refractivity contribution in [3.05, 3.63) is 88.2 Å².